The van der Waals surface area contributed by atoms with Gasteiger partial charge in [-0.1, -0.05) is 6.92 Å². The van der Waals surface area contributed by atoms with Gasteiger partial charge in [0.05, 0.1) is 6.54 Å². The normalized spacial score (nSPS) is 26.6. The SMILES string of the molecule is CCNC(=NCCN(CC1CC1)C1CC1)N1CCCC(C)C1. The molecule has 1 unspecified atom stereocenters. The first-order valence-corrected chi connectivity index (χ1v) is 9.53. The van der Waals surface area contributed by atoms with E-state index in [9.17, 15) is 0 Å². The van der Waals surface area contributed by atoms with Gasteiger partial charge in [0, 0.05) is 38.8 Å². The van der Waals surface area contributed by atoms with Crippen LogP contribution in [0.5, 0.6) is 0 Å². The molecule has 2 aliphatic carbocycles. The molecular weight excluding hydrogens is 272 g/mol. The molecule has 0 aromatic rings. The third kappa shape index (κ3) is 4.87. The Balaban J connectivity index is 1.50. The Morgan fingerprint density at radius 2 is 2.05 bits per heavy atom. The number of piperidine rings is 1. The van der Waals surface area contributed by atoms with Gasteiger partial charge in [0.2, 0.25) is 0 Å². The first-order chi connectivity index (χ1) is 10.8. The summed E-state index contributed by atoms with van der Waals surface area (Å²) in [6, 6.07) is 0.883. The van der Waals surface area contributed by atoms with Crippen LogP contribution in [0, 0.1) is 11.8 Å². The van der Waals surface area contributed by atoms with E-state index in [2.05, 4.69) is 29.0 Å². The summed E-state index contributed by atoms with van der Waals surface area (Å²) < 4.78 is 0. The van der Waals surface area contributed by atoms with Crippen molar-refractivity contribution in [2.24, 2.45) is 16.8 Å². The molecule has 126 valence electrons. The molecule has 0 aromatic heterocycles. The molecule has 0 amide bonds. The summed E-state index contributed by atoms with van der Waals surface area (Å²) in [5.74, 6) is 2.95. The second-order valence-electron chi connectivity index (χ2n) is 7.60. The molecular formula is C18H34N4. The van der Waals surface area contributed by atoms with E-state index in [1.54, 1.807) is 0 Å². The number of nitrogens with zero attached hydrogens (tertiary/aromatic N) is 3. The second-order valence-corrected chi connectivity index (χ2v) is 7.60. The van der Waals surface area contributed by atoms with Crippen molar-refractivity contribution in [3.63, 3.8) is 0 Å². The molecule has 1 N–H and O–H groups in total. The predicted octanol–water partition coefficient (Wildman–Crippen LogP) is 2.56. The summed E-state index contributed by atoms with van der Waals surface area (Å²) >= 11 is 0. The summed E-state index contributed by atoms with van der Waals surface area (Å²) in [6.07, 6.45) is 8.43. The average Bonchev–Trinajstić information content (AvgIpc) is 3.37. The molecule has 3 fully saturated rings. The molecule has 1 saturated heterocycles. The van der Waals surface area contributed by atoms with E-state index < -0.39 is 0 Å². The van der Waals surface area contributed by atoms with Gasteiger partial charge in [0.25, 0.3) is 0 Å². The summed E-state index contributed by atoms with van der Waals surface area (Å²) in [6.45, 7) is 11.3. The van der Waals surface area contributed by atoms with Crippen molar-refractivity contribution >= 4 is 5.96 Å². The molecule has 22 heavy (non-hydrogen) atoms. The minimum atomic E-state index is 0.801. The highest BCUT2D eigenvalue weighted by atomic mass is 15.3. The van der Waals surface area contributed by atoms with E-state index in [1.165, 1.54) is 58.2 Å². The highest BCUT2D eigenvalue weighted by Gasteiger charge is 2.33. The van der Waals surface area contributed by atoms with E-state index in [1.807, 2.05) is 0 Å². The second kappa shape index (κ2) is 7.67. The minimum absolute atomic E-state index is 0.801. The standard InChI is InChI=1S/C18H34N4/c1-3-19-18(22-11-4-5-15(2)13-22)20-10-12-21(17-8-9-17)14-16-6-7-16/h15-17H,3-14H2,1-2H3,(H,19,20). The largest absolute Gasteiger partial charge is 0.357 e. The van der Waals surface area contributed by atoms with Gasteiger partial charge in [-0.25, -0.2) is 0 Å². The Kier molecular flexibility index (Phi) is 5.61. The van der Waals surface area contributed by atoms with Crippen molar-refractivity contribution in [1.29, 1.82) is 0 Å². The van der Waals surface area contributed by atoms with E-state index in [-0.39, 0.29) is 0 Å². The molecule has 4 nitrogen and oxygen atoms in total. The molecule has 3 rings (SSSR count). The maximum atomic E-state index is 4.94. The fourth-order valence-corrected chi connectivity index (χ4v) is 3.59. The Labute approximate surface area is 136 Å². The lowest BCUT2D eigenvalue weighted by Gasteiger charge is -2.33. The van der Waals surface area contributed by atoms with E-state index >= 15 is 0 Å². The molecule has 1 heterocycles. The number of aliphatic imine (C=N–C) groups is 1. The lowest BCUT2D eigenvalue weighted by molar-refractivity contribution is 0.254. The molecule has 0 bridgehead atoms. The predicted molar refractivity (Wildman–Crippen MR) is 93.3 cm³/mol. The fraction of sp³-hybridized carbons (Fsp3) is 0.944. The highest BCUT2D eigenvalue weighted by molar-refractivity contribution is 5.80. The Bertz CT molecular complexity index is 373. The van der Waals surface area contributed by atoms with Gasteiger partial charge < -0.3 is 10.2 Å². The number of likely N-dealkylation sites (tertiary alicyclic amines) is 1. The quantitative estimate of drug-likeness (QED) is 0.579. The number of nitrogens with one attached hydrogen (secondary N) is 1. The molecule has 0 spiro atoms. The van der Waals surface area contributed by atoms with Crippen molar-refractivity contribution in [2.45, 2.75) is 58.4 Å². The van der Waals surface area contributed by atoms with Crippen LogP contribution in [-0.4, -0.2) is 61.1 Å². The van der Waals surface area contributed by atoms with Crippen molar-refractivity contribution in [3.8, 4) is 0 Å². The van der Waals surface area contributed by atoms with Crippen LogP contribution < -0.4 is 5.32 Å². The van der Waals surface area contributed by atoms with Crippen molar-refractivity contribution in [2.75, 3.05) is 39.3 Å². The molecule has 3 aliphatic rings. The van der Waals surface area contributed by atoms with E-state index in [4.69, 9.17) is 4.99 Å². The first kappa shape index (κ1) is 16.1. The molecule has 0 radical (unpaired) electrons. The van der Waals surface area contributed by atoms with Crippen LogP contribution in [0.3, 0.4) is 0 Å². The van der Waals surface area contributed by atoms with Gasteiger partial charge >= 0.3 is 0 Å². The third-order valence-corrected chi connectivity index (χ3v) is 5.19. The van der Waals surface area contributed by atoms with Gasteiger partial charge in [-0.3, -0.25) is 9.89 Å². The molecule has 1 atom stereocenters. The van der Waals surface area contributed by atoms with Crippen LogP contribution in [-0.2, 0) is 0 Å². The van der Waals surface area contributed by atoms with Crippen LogP contribution >= 0.6 is 0 Å². The van der Waals surface area contributed by atoms with Crippen LogP contribution in [0.4, 0.5) is 0 Å². The number of hydrogen-bond donors (Lipinski definition) is 1. The minimum Gasteiger partial charge on any atom is -0.357 e. The van der Waals surface area contributed by atoms with Gasteiger partial charge in [0.15, 0.2) is 5.96 Å². The maximum absolute atomic E-state index is 4.94. The van der Waals surface area contributed by atoms with Crippen molar-refractivity contribution in [3.05, 3.63) is 0 Å². The Hall–Kier alpha value is -0.770. The third-order valence-electron chi connectivity index (χ3n) is 5.19. The van der Waals surface area contributed by atoms with Crippen LogP contribution in [0.1, 0.15) is 52.4 Å². The summed E-state index contributed by atoms with van der Waals surface area (Å²) in [7, 11) is 0. The highest BCUT2D eigenvalue weighted by Crippen LogP contribution is 2.34. The van der Waals surface area contributed by atoms with Gasteiger partial charge in [-0.05, 0) is 57.3 Å². The van der Waals surface area contributed by atoms with E-state index in [0.717, 1.165) is 43.5 Å². The topological polar surface area (TPSA) is 30.9 Å². The van der Waals surface area contributed by atoms with Gasteiger partial charge in [-0.15, -0.1) is 0 Å². The van der Waals surface area contributed by atoms with Gasteiger partial charge in [-0.2, -0.15) is 0 Å². The van der Waals surface area contributed by atoms with Crippen molar-refractivity contribution < 1.29 is 0 Å². The smallest absolute Gasteiger partial charge is 0.193 e. The number of guanidine groups is 1. The fourth-order valence-electron chi connectivity index (χ4n) is 3.59. The lowest BCUT2D eigenvalue weighted by Crippen LogP contribution is -2.46. The number of hydrogen-bond acceptors (Lipinski definition) is 2. The Morgan fingerprint density at radius 1 is 1.23 bits per heavy atom. The zero-order chi connectivity index (χ0) is 15.4. The summed E-state index contributed by atoms with van der Waals surface area (Å²) in [5, 5.41) is 3.50. The first-order valence-electron chi connectivity index (χ1n) is 9.53. The lowest BCUT2D eigenvalue weighted by atomic mass is 10.0. The van der Waals surface area contributed by atoms with Crippen LogP contribution in [0.25, 0.3) is 0 Å². The summed E-state index contributed by atoms with van der Waals surface area (Å²) in [4.78, 5) is 10.1. The number of rotatable bonds is 7. The zero-order valence-electron chi connectivity index (χ0n) is 14.6. The van der Waals surface area contributed by atoms with Crippen molar-refractivity contribution in [1.82, 2.24) is 15.1 Å². The average molecular weight is 306 g/mol. The molecule has 4 heteroatoms. The van der Waals surface area contributed by atoms with Gasteiger partial charge in [0.1, 0.15) is 0 Å². The molecule has 2 saturated carbocycles. The zero-order valence-corrected chi connectivity index (χ0v) is 14.6. The van der Waals surface area contributed by atoms with Crippen LogP contribution in [0.2, 0.25) is 0 Å². The maximum Gasteiger partial charge on any atom is 0.193 e. The van der Waals surface area contributed by atoms with Crippen LogP contribution in [0.15, 0.2) is 4.99 Å². The van der Waals surface area contributed by atoms with E-state index in [0.29, 0.717) is 0 Å². The molecule has 1 aliphatic heterocycles. The monoisotopic (exact) mass is 306 g/mol. The molecule has 0 aromatic carbocycles. The summed E-state index contributed by atoms with van der Waals surface area (Å²) in [5.41, 5.74) is 0. The Morgan fingerprint density at radius 3 is 2.68 bits per heavy atom.